The van der Waals surface area contributed by atoms with E-state index in [1.54, 1.807) is 9.47 Å². The van der Waals surface area contributed by atoms with E-state index < -0.39 is 0 Å². The summed E-state index contributed by atoms with van der Waals surface area (Å²) >= 11 is 0. The molecular formula is C17H22N4O3. The summed E-state index contributed by atoms with van der Waals surface area (Å²) in [6.45, 7) is 3.38. The van der Waals surface area contributed by atoms with Crippen LogP contribution in [0.25, 0.3) is 11.0 Å². The molecular weight excluding hydrogens is 308 g/mol. The first-order chi connectivity index (χ1) is 11.5. The minimum Gasteiger partial charge on any atom is -0.369 e. The lowest BCUT2D eigenvalue weighted by Crippen LogP contribution is -2.46. The molecule has 3 rings (SSSR count). The zero-order chi connectivity index (χ0) is 17.3. The number of fused-ring (bicyclic) bond motifs is 1. The predicted octanol–water partition coefficient (Wildman–Crippen LogP) is 0.547. The Morgan fingerprint density at radius 2 is 1.88 bits per heavy atom. The molecule has 1 fully saturated rings. The second-order valence-electron chi connectivity index (χ2n) is 6.18. The number of likely N-dealkylation sites (tertiary alicyclic amines) is 1. The molecule has 2 heterocycles. The Kier molecular flexibility index (Phi) is 4.42. The molecule has 128 valence electrons. The third kappa shape index (κ3) is 2.81. The molecule has 0 spiro atoms. The lowest BCUT2D eigenvalue weighted by molar-refractivity contribution is -0.135. The molecule has 1 atom stereocenters. The predicted molar refractivity (Wildman–Crippen MR) is 90.4 cm³/mol. The maximum Gasteiger partial charge on any atom is 0.329 e. The summed E-state index contributed by atoms with van der Waals surface area (Å²) in [7, 11) is 0. The van der Waals surface area contributed by atoms with Gasteiger partial charge in [-0.1, -0.05) is 12.1 Å². The van der Waals surface area contributed by atoms with Crippen LogP contribution in [0.15, 0.2) is 29.1 Å². The van der Waals surface area contributed by atoms with Crippen LogP contribution in [0.2, 0.25) is 0 Å². The second-order valence-corrected chi connectivity index (χ2v) is 6.18. The molecule has 1 aliphatic rings. The average Bonchev–Trinajstić information content (AvgIpc) is 2.86. The number of piperidine rings is 1. The zero-order valence-electron chi connectivity index (χ0n) is 13.8. The maximum absolute atomic E-state index is 12.6. The molecule has 0 radical (unpaired) electrons. The van der Waals surface area contributed by atoms with Crippen LogP contribution in [0.5, 0.6) is 0 Å². The van der Waals surface area contributed by atoms with Crippen LogP contribution in [-0.4, -0.2) is 38.9 Å². The van der Waals surface area contributed by atoms with Crippen molar-refractivity contribution < 1.29 is 9.59 Å². The van der Waals surface area contributed by atoms with Gasteiger partial charge in [0.05, 0.1) is 17.0 Å². The van der Waals surface area contributed by atoms with Crippen molar-refractivity contribution in [1.82, 2.24) is 14.0 Å². The number of primary amides is 1. The van der Waals surface area contributed by atoms with E-state index in [2.05, 4.69) is 0 Å². The molecule has 1 saturated heterocycles. The van der Waals surface area contributed by atoms with Crippen molar-refractivity contribution in [3.8, 4) is 0 Å². The molecule has 2 amide bonds. The van der Waals surface area contributed by atoms with Crippen molar-refractivity contribution >= 4 is 22.8 Å². The SMILES string of the molecule is CCn1c(=O)n(CC(=O)N2CCC[C@@H](C(N)=O)C2)c2ccccc21. The molecule has 24 heavy (non-hydrogen) atoms. The van der Waals surface area contributed by atoms with Crippen molar-refractivity contribution in [3.05, 3.63) is 34.7 Å². The van der Waals surface area contributed by atoms with E-state index in [1.165, 1.54) is 4.57 Å². The number of para-hydroxylation sites is 2. The van der Waals surface area contributed by atoms with E-state index in [1.807, 2.05) is 31.2 Å². The highest BCUT2D eigenvalue weighted by Gasteiger charge is 2.27. The number of hydrogen-bond donors (Lipinski definition) is 1. The van der Waals surface area contributed by atoms with Gasteiger partial charge < -0.3 is 10.6 Å². The Balaban J connectivity index is 1.87. The maximum atomic E-state index is 12.6. The van der Waals surface area contributed by atoms with E-state index in [9.17, 15) is 14.4 Å². The van der Waals surface area contributed by atoms with Crippen molar-refractivity contribution in [2.45, 2.75) is 32.9 Å². The Bertz CT molecular complexity index is 836. The van der Waals surface area contributed by atoms with E-state index in [0.29, 0.717) is 26.1 Å². The Morgan fingerprint density at radius 1 is 1.21 bits per heavy atom. The Morgan fingerprint density at radius 3 is 2.50 bits per heavy atom. The molecule has 0 bridgehead atoms. The van der Waals surface area contributed by atoms with Gasteiger partial charge >= 0.3 is 5.69 Å². The number of carbonyl (C=O) groups is 2. The number of amides is 2. The summed E-state index contributed by atoms with van der Waals surface area (Å²) in [5.74, 6) is -0.814. The van der Waals surface area contributed by atoms with Gasteiger partial charge in [-0.3, -0.25) is 18.7 Å². The minimum atomic E-state index is -0.368. The quantitative estimate of drug-likeness (QED) is 0.887. The number of nitrogens with two attached hydrogens (primary N) is 1. The van der Waals surface area contributed by atoms with Crippen LogP contribution in [-0.2, 0) is 22.7 Å². The van der Waals surface area contributed by atoms with E-state index in [-0.39, 0.29) is 30.0 Å². The van der Waals surface area contributed by atoms with Crippen LogP contribution in [0.3, 0.4) is 0 Å². The van der Waals surface area contributed by atoms with E-state index in [4.69, 9.17) is 5.73 Å². The number of aryl methyl sites for hydroxylation is 1. The van der Waals surface area contributed by atoms with Crippen LogP contribution in [0.4, 0.5) is 0 Å². The highest BCUT2D eigenvalue weighted by atomic mass is 16.2. The van der Waals surface area contributed by atoms with Crippen molar-refractivity contribution in [2.75, 3.05) is 13.1 Å². The van der Waals surface area contributed by atoms with Gasteiger partial charge in [-0.15, -0.1) is 0 Å². The van der Waals surface area contributed by atoms with Gasteiger partial charge in [-0.05, 0) is 31.9 Å². The summed E-state index contributed by atoms with van der Waals surface area (Å²) in [4.78, 5) is 38.2. The minimum absolute atomic E-state index is 0.0160. The number of rotatable bonds is 4. The molecule has 7 nitrogen and oxygen atoms in total. The average molecular weight is 330 g/mol. The lowest BCUT2D eigenvalue weighted by Gasteiger charge is -2.31. The number of benzene rings is 1. The molecule has 0 aliphatic carbocycles. The molecule has 7 heteroatoms. The number of aromatic nitrogens is 2. The Labute approximate surface area is 139 Å². The summed E-state index contributed by atoms with van der Waals surface area (Å²) in [6.07, 6.45) is 1.47. The number of imidazole rings is 1. The second kappa shape index (κ2) is 6.51. The fourth-order valence-electron chi connectivity index (χ4n) is 3.40. The van der Waals surface area contributed by atoms with Crippen LogP contribution >= 0.6 is 0 Å². The highest BCUT2D eigenvalue weighted by Crippen LogP contribution is 2.17. The molecule has 1 aromatic carbocycles. The normalized spacial score (nSPS) is 18.0. The zero-order valence-corrected chi connectivity index (χ0v) is 13.8. The number of hydrogen-bond acceptors (Lipinski definition) is 3. The van der Waals surface area contributed by atoms with Gasteiger partial charge in [0.15, 0.2) is 0 Å². The topological polar surface area (TPSA) is 90.3 Å². The third-order valence-electron chi connectivity index (χ3n) is 4.71. The summed E-state index contributed by atoms with van der Waals surface area (Å²) in [5.41, 5.74) is 6.76. The Hall–Kier alpha value is -2.57. The summed E-state index contributed by atoms with van der Waals surface area (Å²) < 4.78 is 3.17. The largest absolute Gasteiger partial charge is 0.369 e. The standard InChI is InChI=1S/C17H22N4O3/c1-2-20-13-7-3-4-8-14(13)21(17(20)24)11-15(22)19-9-5-6-12(10-19)16(18)23/h3-4,7-8,12H,2,5-6,9-11H2,1H3,(H2,18,23)/t12-/m1/s1. The first kappa shape index (κ1) is 16.3. The molecule has 0 unspecified atom stereocenters. The molecule has 1 aromatic heterocycles. The van der Waals surface area contributed by atoms with Gasteiger partial charge in [0, 0.05) is 19.6 Å². The molecule has 2 N–H and O–H groups in total. The smallest absolute Gasteiger partial charge is 0.329 e. The monoisotopic (exact) mass is 330 g/mol. The fraction of sp³-hybridized carbons (Fsp3) is 0.471. The first-order valence-electron chi connectivity index (χ1n) is 8.28. The van der Waals surface area contributed by atoms with Crippen LogP contribution in [0, 0.1) is 5.92 Å². The van der Waals surface area contributed by atoms with Crippen molar-refractivity contribution in [3.63, 3.8) is 0 Å². The molecule has 2 aromatic rings. The number of nitrogens with zero attached hydrogens (tertiary/aromatic N) is 3. The fourth-order valence-corrected chi connectivity index (χ4v) is 3.40. The molecule has 1 aliphatic heterocycles. The van der Waals surface area contributed by atoms with Gasteiger partial charge in [0.2, 0.25) is 11.8 Å². The van der Waals surface area contributed by atoms with E-state index >= 15 is 0 Å². The van der Waals surface area contributed by atoms with Gasteiger partial charge in [0.1, 0.15) is 6.54 Å². The van der Waals surface area contributed by atoms with Gasteiger partial charge in [-0.25, -0.2) is 4.79 Å². The van der Waals surface area contributed by atoms with Crippen molar-refractivity contribution in [2.24, 2.45) is 11.7 Å². The van der Waals surface area contributed by atoms with Gasteiger partial charge in [-0.2, -0.15) is 0 Å². The third-order valence-corrected chi connectivity index (χ3v) is 4.71. The van der Waals surface area contributed by atoms with Gasteiger partial charge in [0.25, 0.3) is 0 Å². The summed E-state index contributed by atoms with van der Waals surface area (Å²) in [6, 6.07) is 7.46. The number of carbonyl (C=O) groups excluding carboxylic acids is 2. The van der Waals surface area contributed by atoms with Crippen LogP contribution in [0.1, 0.15) is 19.8 Å². The molecule has 0 saturated carbocycles. The first-order valence-corrected chi connectivity index (χ1v) is 8.28. The highest BCUT2D eigenvalue weighted by molar-refractivity contribution is 5.82. The summed E-state index contributed by atoms with van der Waals surface area (Å²) in [5, 5.41) is 0. The lowest BCUT2D eigenvalue weighted by atomic mass is 9.97. The van der Waals surface area contributed by atoms with E-state index in [0.717, 1.165) is 17.5 Å². The van der Waals surface area contributed by atoms with Crippen molar-refractivity contribution in [1.29, 1.82) is 0 Å². The van der Waals surface area contributed by atoms with Crippen LogP contribution < -0.4 is 11.4 Å².